The molecule has 0 atom stereocenters. The van der Waals surface area contributed by atoms with E-state index in [1.165, 1.54) is 4.90 Å². The maximum absolute atomic E-state index is 12.5. The van der Waals surface area contributed by atoms with Gasteiger partial charge in [0.2, 0.25) is 11.8 Å². The van der Waals surface area contributed by atoms with Gasteiger partial charge in [0.1, 0.15) is 6.54 Å². The summed E-state index contributed by atoms with van der Waals surface area (Å²) >= 11 is 12.1. The van der Waals surface area contributed by atoms with E-state index in [1.54, 1.807) is 18.2 Å². The van der Waals surface area contributed by atoms with Crippen LogP contribution in [0.3, 0.4) is 0 Å². The van der Waals surface area contributed by atoms with Crippen molar-refractivity contribution < 1.29 is 9.59 Å². The first kappa shape index (κ1) is 15.8. The molecule has 23 heavy (non-hydrogen) atoms. The molecule has 2 aromatic carbocycles. The van der Waals surface area contributed by atoms with Gasteiger partial charge in [0.15, 0.2) is 0 Å². The lowest BCUT2D eigenvalue weighted by molar-refractivity contribution is -0.121. The molecule has 6 heteroatoms. The van der Waals surface area contributed by atoms with Crippen molar-refractivity contribution in [2.24, 2.45) is 0 Å². The Morgan fingerprint density at radius 1 is 1.13 bits per heavy atom. The van der Waals surface area contributed by atoms with Crippen LogP contribution in [0.1, 0.15) is 12.0 Å². The average Bonchev–Trinajstić information content (AvgIpc) is 2.55. The van der Waals surface area contributed by atoms with Crippen LogP contribution in [0.15, 0.2) is 42.5 Å². The van der Waals surface area contributed by atoms with Crippen LogP contribution in [0.4, 0.5) is 11.4 Å². The lowest BCUT2D eigenvalue weighted by atomic mass is 10.1. The van der Waals surface area contributed by atoms with Crippen LogP contribution in [0.2, 0.25) is 10.0 Å². The first-order valence-corrected chi connectivity index (χ1v) is 7.94. The topological polar surface area (TPSA) is 49.4 Å². The SMILES string of the molecule is O=C1CN(C(=O)CCc2cccc(Cl)c2Cl)c2ccccc2N1. The molecule has 0 unspecified atom stereocenters. The summed E-state index contributed by atoms with van der Waals surface area (Å²) < 4.78 is 0. The van der Waals surface area contributed by atoms with Gasteiger partial charge in [-0.05, 0) is 30.2 Å². The molecule has 0 bridgehead atoms. The molecule has 0 radical (unpaired) electrons. The number of aryl methyl sites for hydroxylation is 1. The molecule has 0 aromatic heterocycles. The minimum atomic E-state index is -0.196. The van der Waals surface area contributed by atoms with Gasteiger partial charge in [0.25, 0.3) is 0 Å². The fourth-order valence-electron chi connectivity index (χ4n) is 2.57. The Kier molecular flexibility index (Phi) is 4.55. The highest BCUT2D eigenvalue weighted by molar-refractivity contribution is 6.42. The fraction of sp³-hybridized carbons (Fsp3) is 0.176. The number of para-hydroxylation sites is 2. The molecule has 3 rings (SSSR count). The van der Waals surface area contributed by atoms with Gasteiger partial charge in [0.05, 0.1) is 21.4 Å². The van der Waals surface area contributed by atoms with Gasteiger partial charge in [-0.1, -0.05) is 47.5 Å². The second-order valence-corrected chi connectivity index (χ2v) is 6.04. The quantitative estimate of drug-likeness (QED) is 0.913. The number of nitrogens with zero attached hydrogens (tertiary/aromatic N) is 1. The van der Waals surface area contributed by atoms with Gasteiger partial charge < -0.3 is 10.2 Å². The van der Waals surface area contributed by atoms with Crippen LogP contribution in [-0.2, 0) is 16.0 Å². The summed E-state index contributed by atoms with van der Waals surface area (Å²) in [6, 6.07) is 12.6. The van der Waals surface area contributed by atoms with Crippen LogP contribution in [0.25, 0.3) is 0 Å². The molecule has 0 saturated heterocycles. The highest BCUT2D eigenvalue weighted by atomic mass is 35.5. The number of hydrogen-bond donors (Lipinski definition) is 1. The molecule has 1 N–H and O–H groups in total. The van der Waals surface area contributed by atoms with E-state index in [4.69, 9.17) is 23.2 Å². The van der Waals surface area contributed by atoms with Crippen molar-refractivity contribution in [3.05, 3.63) is 58.1 Å². The van der Waals surface area contributed by atoms with Crippen molar-refractivity contribution in [3.63, 3.8) is 0 Å². The number of halogens is 2. The third-order valence-electron chi connectivity index (χ3n) is 3.71. The van der Waals surface area contributed by atoms with E-state index >= 15 is 0 Å². The zero-order chi connectivity index (χ0) is 16.4. The third-order valence-corrected chi connectivity index (χ3v) is 4.57. The Hall–Kier alpha value is -2.04. The predicted octanol–water partition coefficient (Wildman–Crippen LogP) is 3.91. The van der Waals surface area contributed by atoms with E-state index in [2.05, 4.69) is 5.32 Å². The highest BCUT2D eigenvalue weighted by Gasteiger charge is 2.26. The minimum Gasteiger partial charge on any atom is -0.323 e. The Balaban J connectivity index is 1.76. The highest BCUT2D eigenvalue weighted by Crippen LogP contribution is 2.30. The fourth-order valence-corrected chi connectivity index (χ4v) is 2.99. The molecule has 4 nitrogen and oxygen atoms in total. The molecular formula is C17H14Cl2N2O2. The third kappa shape index (κ3) is 3.33. The van der Waals surface area contributed by atoms with Crippen LogP contribution in [0, 0.1) is 0 Å². The molecule has 0 spiro atoms. The molecule has 2 amide bonds. The van der Waals surface area contributed by atoms with E-state index in [9.17, 15) is 9.59 Å². The number of fused-ring (bicyclic) bond motifs is 1. The number of rotatable bonds is 3. The summed E-state index contributed by atoms with van der Waals surface area (Å²) in [5.74, 6) is -0.318. The first-order chi connectivity index (χ1) is 11.1. The maximum atomic E-state index is 12.5. The Labute approximate surface area is 144 Å². The molecule has 2 aromatic rings. The van der Waals surface area contributed by atoms with Gasteiger partial charge in [0, 0.05) is 6.42 Å². The Morgan fingerprint density at radius 2 is 1.91 bits per heavy atom. The zero-order valence-corrected chi connectivity index (χ0v) is 13.7. The minimum absolute atomic E-state index is 0.0269. The molecular weight excluding hydrogens is 335 g/mol. The van der Waals surface area contributed by atoms with Crippen molar-refractivity contribution in [2.75, 3.05) is 16.8 Å². The standard InChI is InChI=1S/C17H14Cl2N2O2/c18-12-5-3-4-11(17(12)19)8-9-16(23)21-10-15(22)20-13-6-1-2-7-14(13)21/h1-7H,8-10H2,(H,20,22). The second kappa shape index (κ2) is 6.60. The summed E-state index contributed by atoms with van der Waals surface area (Å²) in [5.41, 5.74) is 2.19. The van der Waals surface area contributed by atoms with Crippen LogP contribution in [-0.4, -0.2) is 18.4 Å². The summed E-state index contributed by atoms with van der Waals surface area (Å²) in [5, 5.41) is 3.71. The Bertz CT molecular complexity index is 777. The van der Waals surface area contributed by atoms with Crippen molar-refractivity contribution in [1.29, 1.82) is 0 Å². The Morgan fingerprint density at radius 3 is 2.74 bits per heavy atom. The molecule has 1 aliphatic rings. The number of carbonyl (C=O) groups excluding carboxylic acids is 2. The predicted molar refractivity (Wildman–Crippen MR) is 92.2 cm³/mol. The molecule has 118 valence electrons. The number of hydrogen-bond acceptors (Lipinski definition) is 2. The van der Waals surface area contributed by atoms with Crippen LogP contribution >= 0.6 is 23.2 Å². The number of carbonyl (C=O) groups is 2. The van der Waals surface area contributed by atoms with Crippen molar-refractivity contribution in [2.45, 2.75) is 12.8 Å². The summed E-state index contributed by atoms with van der Waals surface area (Å²) in [6.07, 6.45) is 0.722. The van der Waals surface area contributed by atoms with E-state index in [0.717, 1.165) is 5.56 Å². The smallest absolute Gasteiger partial charge is 0.244 e. The monoisotopic (exact) mass is 348 g/mol. The van der Waals surface area contributed by atoms with Crippen molar-refractivity contribution in [1.82, 2.24) is 0 Å². The van der Waals surface area contributed by atoms with Gasteiger partial charge in [-0.15, -0.1) is 0 Å². The van der Waals surface area contributed by atoms with Crippen molar-refractivity contribution in [3.8, 4) is 0 Å². The number of amides is 2. The molecule has 0 fully saturated rings. The second-order valence-electron chi connectivity index (χ2n) is 5.26. The molecule has 1 heterocycles. The maximum Gasteiger partial charge on any atom is 0.244 e. The molecule has 0 aliphatic carbocycles. The van der Waals surface area contributed by atoms with Gasteiger partial charge in [-0.2, -0.15) is 0 Å². The van der Waals surface area contributed by atoms with Crippen LogP contribution in [0.5, 0.6) is 0 Å². The zero-order valence-electron chi connectivity index (χ0n) is 12.2. The van der Waals surface area contributed by atoms with E-state index in [0.29, 0.717) is 27.8 Å². The lowest BCUT2D eigenvalue weighted by Crippen LogP contribution is -2.42. The largest absolute Gasteiger partial charge is 0.323 e. The van der Waals surface area contributed by atoms with Gasteiger partial charge >= 0.3 is 0 Å². The number of anilines is 2. The summed E-state index contributed by atoms with van der Waals surface area (Å²) in [7, 11) is 0. The first-order valence-electron chi connectivity index (χ1n) is 7.18. The van der Waals surface area contributed by atoms with E-state index < -0.39 is 0 Å². The molecule has 0 saturated carbocycles. The summed E-state index contributed by atoms with van der Waals surface area (Å²) in [6.45, 7) is 0.0269. The average molecular weight is 349 g/mol. The van der Waals surface area contributed by atoms with E-state index in [1.807, 2.05) is 24.3 Å². The molecule has 1 aliphatic heterocycles. The van der Waals surface area contributed by atoms with Crippen molar-refractivity contribution >= 4 is 46.4 Å². The number of nitrogens with one attached hydrogen (secondary N) is 1. The summed E-state index contributed by atoms with van der Waals surface area (Å²) in [4.78, 5) is 25.8. The number of benzene rings is 2. The normalized spacial score (nSPS) is 13.5. The van der Waals surface area contributed by atoms with E-state index in [-0.39, 0.29) is 24.8 Å². The van der Waals surface area contributed by atoms with Gasteiger partial charge in [-0.25, -0.2) is 0 Å². The van der Waals surface area contributed by atoms with Crippen LogP contribution < -0.4 is 10.2 Å². The lowest BCUT2D eigenvalue weighted by Gasteiger charge is -2.29. The van der Waals surface area contributed by atoms with Gasteiger partial charge in [-0.3, -0.25) is 9.59 Å².